The molecule has 5 nitrogen and oxygen atoms in total. The first-order chi connectivity index (χ1) is 10.9. The van der Waals surface area contributed by atoms with Gasteiger partial charge in [0.05, 0.1) is 0 Å². The maximum atomic E-state index is 12.4. The smallest absolute Gasteiger partial charge is 0.261 e. The summed E-state index contributed by atoms with van der Waals surface area (Å²) >= 11 is 0. The molecule has 1 heterocycles. The zero-order valence-corrected chi connectivity index (χ0v) is 13.1. The number of hydrogen-bond acceptors (Lipinski definition) is 3. The molecule has 1 aliphatic rings. The van der Waals surface area contributed by atoms with Gasteiger partial charge in [-0.25, -0.2) is 0 Å². The Hall–Kier alpha value is -2.69. The number of hydrogen-bond donors (Lipinski definition) is 2. The van der Waals surface area contributed by atoms with Crippen LogP contribution in [-0.4, -0.2) is 16.7 Å². The lowest BCUT2D eigenvalue weighted by atomic mass is 9.86. The molecule has 1 atom stereocenters. The lowest BCUT2D eigenvalue weighted by molar-refractivity contribution is 0.0952. The number of fused-ring (bicyclic) bond motifs is 1. The van der Waals surface area contributed by atoms with Gasteiger partial charge in [-0.15, -0.1) is 0 Å². The number of benzene rings is 1. The van der Waals surface area contributed by atoms with Crippen LogP contribution in [0.2, 0.25) is 0 Å². The fraction of sp³-hybridized carbons (Fsp3) is 0.278. The van der Waals surface area contributed by atoms with Crippen molar-refractivity contribution in [3.05, 3.63) is 63.1 Å². The third-order valence-corrected chi connectivity index (χ3v) is 4.03. The molecular weight excluding hydrogens is 292 g/mol. The van der Waals surface area contributed by atoms with Gasteiger partial charge < -0.3 is 10.3 Å². The standard InChI is InChI=1S/C18H18N2O3/c1-10-4-3-5-12(6-10)19-17(22)14-9-13-15(20-18(14)23)7-11(2)8-16(13)21/h3-6,9,11H,7-8H2,1-2H3,(H,19,22)(H,20,23)/t11-/m0/s1. The zero-order chi connectivity index (χ0) is 16.6. The molecule has 118 valence electrons. The van der Waals surface area contributed by atoms with E-state index in [9.17, 15) is 14.4 Å². The summed E-state index contributed by atoms with van der Waals surface area (Å²) in [5, 5.41) is 2.70. The van der Waals surface area contributed by atoms with Gasteiger partial charge >= 0.3 is 0 Å². The summed E-state index contributed by atoms with van der Waals surface area (Å²) in [6.45, 7) is 3.89. The third kappa shape index (κ3) is 3.08. The minimum atomic E-state index is -0.508. The van der Waals surface area contributed by atoms with Crippen LogP contribution in [0.5, 0.6) is 0 Å². The molecule has 1 aromatic carbocycles. The van der Waals surface area contributed by atoms with Crippen molar-refractivity contribution in [2.45, 2.75) is 26.7 Å². The first-order valence-electron chi connectivity index (χ1n) is 7.61. The van der Waals surface area contributed by atoms with Crippen LogP contribution in [-0.2, 0) is 6.42 Å². The molecule has 0 saturated heterocycles. The maximum absolute atomic E-state index is 12.4. The second-order valence-electron chi connectivity index (χ2n) is 6.16. The third-order valence-electron chi connectivity index (χ3n) is 4.03. The number of anilines is 1. The minimum Gasteiger partial charge on any atom is -0.325 e. The molecule has 5 heteroatoms. The Balaban J connectivity index is 1.94. The van der Waals surface area contributed by atoms with E-state index in [1.165, 1.54) is 6.07 Å². The number of aromatic nitrogens is 1. The van der Waals surface area contributed by atoms with Crippen LogP contribution in [0.25, 0.3) is 0 Å². The number of Topliss-reactive ketones (excluding diaryl/α,β-unsaturated/α-hetero) is 1. The number of rotatable bonds is 2. The Bertz CT molecular complexity index is 852. The Morgan fingerprint density at radius 1 is 1.22 bits per heavy atom. The van der Waals surface area contributed by atoms with Gasteiger partial charge in [-0.05, 0) is 43.0 Å². The van der Waals surface area contributed by atoms with E-state index < -0.39 is 11.5 Å². The fourth-order valence-corrected chi connectivity index (χ4v) is 2.92. The second kappa shape index (κ2) is 5.83. The molecule has 0 aliphatic heterocycles. The number of carbonyl (C=O) groups excluding carboxylic acids is 2. The highest BCUT2D eigenvalue weighted by Crippen LogP contribution is 2.23. The van der Waals surface area contributed by atoms with Crippen molar-refractivity contribution in [2.75, 3.05) is 5.32 Å². The molecule has 0 bridgehead atoms. The monoisotopic (exact) mass is 310 g/mol. The molecular formula is C18H18N2O3. The number of H-pyrrole nitrogens is 1. The molecule has 1 aliphatic carbocycles. The second-order valence-corrected chi connectivity index (χ2v) is 6.16. The Kier molecular flexibility index (Phi) is 3.86. The molecule has 3 rings (SSSR count). The van der Waals surface area contributed by atoms with Crippen LogP contribution >= 0.6 is 0 Å². The van der Waals surface area contributed by atoms with Crippen molar-refractivity contribution in [3.63, 3.8) is 0 Å². The average Bonchev–Trinajstić information content (AvgIpc) is 2.46. The van der Waals surface area contributed by atoms with Crippen LogP contribution in [0.15, 0.2) is 35.1 Å². The maximum Gasteiger partial charge on any atom is 0.261 e. The summed E-state index contributed by atoms with van der Waals surface area (Å²) in [7, 11) is 0. The Labute approximate surface area is 133 Å². The molecule has 0 saturated carbocycles. The van der Waals surface area contributed by atoms with Gasteiger partial charge in [0.15, 0.2) is 5.78 Å². The highest BCUT2D eigenvalue weighted by atomic mass is 16.2. The van der Waals surface area contributed by atoms with Crippen molar-refractivity contribution in [3.8, 4) is 0 Å². The van der Waals surface area contributed by atoms with E-state index in [1.807, 2.05) is 32.0 Å². The van der Waals surface area contributed by atoms with E-state index in [4.69, 9.17) is 0 Å². The van der Waals surface area contributed by atoms with Gasteiger partial charge in [-0.3, -0.25) is 14.4 Å². The number of aryl methyl sites for hydroxylation is 1. The normalized spacial score (nSPS) is 16.8. The first-order valence-corrected chi connectivity index (χ1v) is 7.61. The lowest BCUT2D eigenvalue weighted by Crippen LogP contribution is -2.29. The predicted molar refractivity (Wildman–Crippen MR) is 88.0 cm³/mol. The number of amides is 1. The number of aromatic amines is 1. The van der Waals surface area contributed by atoms with Crippen molar-refractivity contribution < 1.29 is 9.59 Å². The minimum absolute atomic E-state index is 0.0281. The summed E-state index contributed by atoms with van der Waals surface area (Å²) < 4.78 is 0. The average molecular weight is 310 g/mol. The number of carbonyl (C=O) groups is 2. The van der Waals surface area contributed by atoms with Crippen LogP contribution in [0.4, 0.5) is 5.69 Å². The molecule has 0 spiro atoms. The van der Waals surface area contributed by atoms with Crippen LogP contribution in [0.1, 0.15) is 45.3 Å². The van der Waals surface area contributed by atoms with Gasteiger partial charge in [-0.1, -0.05) is 19.1 Å². The highest BCUT2D eigenvalue weighted by Gasteiger charge is 2.25. The highest BCUT2D eigenvalue weighted by molar-refractivity contribution is 6.06. The van der Waals surface area contributed by atoms with Crippen LogP contribution < -0.4 is 10.9 Å². The van der Waals surface area contributed by atoms with E-state index in [-0.39, 0.29) is 17.3 Å². The summed E-state index contributed by atoms with van der Waals surface area (Å²) in [5.74, 6) is -0.330. The molecule has 1 amide bonds. The van der Waals surface area contributed by atoms with E-state index >= 15 is 0 Å². The molecule has 0 radical (unpaired) electrons. The van der Waals surface area contributed by atoms with Gasteiger partial charge in [0.2, 0.25) is 0 Å². The topological polar surface area (TPSA) is 79.0 Å². The molecule has 2 N–H and O–H groups in total. The quantitative estimate of drug-likeness (QED) is 0.895. The van der Waals surface area contributed by atoms with Crippen LogP contribution in [0, 0.1) is 12.8 Å². The van der Waals surface area contributed by atoms with Crippen molar-refractivity contribution >= 4 is 17.4 Å². The SMILES string of the molecule is Cc1cccc(NC(=O)c2cc3c([nH]c2=O)C[C@H](C)CC3=O)c1. The first kappa shape index (κ1) is 15.2. The summed E-state index contributed by atoms with van der Waals surface area (Å²) in [6.07, 6.45) is 1.09. The number of ketones is 1. The number of pyridine rings is 1. The molecule has 1 aromatic heterocycles. The fourth-order valence-electron chi connectivity index (χ4n) is 2.92. The molecule has 2 aromatic rings. The Morgan fingerprint density at radius 2 is 2.00 bits per heavy atom. The van der Waals surface area contributed by atoms with E-state index in [2.05, 4.69) is 10.3 Å². The summed E-state index contributed by atoms with van der Waals surface area (Å²) in [5.41, 5.74) is 2.21. The molecule has 0 unspecified atom stereocenters. The van der Waals surface area contributed by atoms with Gasteiger partial charge in [-0.2, -0.15) is 0 Å². The van der Waals surface area contributed by atoms with Crippen molar-refractivity contribution in [2.24, 2.45) is 5.92 Å². The van der Waals surface area contributed by atoms with Gasteiger partial charge in [0.25, 0.3) is 11.5 Å². The van der Waals surface area contributed by atoms with E-state index in [0.29, 0.717) is 29.8 Å². The largest absolute Gasteiger partial charge is 0.325 e. The zero-order valence-electron chi connectivity index (χ0n) is 13.1. The van der Waals surface area contributed by atoms with E-state index in [0.717, 1.165) is 5.56 Å². The van der Waals surface area contributed by atoms with E-state index in [1.54, 1.807) is 6.07 Å². The molecule has 0 fully saturated rings. The number of nitrogens with one attached hydrogen (secondary N) is 2. The van der Waals surface area contributed by atoms with Crippen molar-refractivity contribution in [1.29, 1.82) is 0 Å². The van der Waals surface area contributed by atoms with Crippen molar-refractivity contribution in [1.82, 2.24) is 4.98 Å². The lowest BCUT2D eigenvalue weighted by Gasteiger charge is -2.20. The summed E-state index contributed by atoms with van der Waals surface area (Å²) in [4.78, 5) is 39.4. The van der Waals surface area contributed by atoms with Gasteiger partial charge in [0, 0.05) is 23.4 Å². The van der Waals surface area contributed by atoms with Crippen LogP contribution in [0.3, 0.4) is 0 Å². The molecule has 23 heavy (non-hydrogen) atoms. The van der Waals surface area contributed by atoms with Gasteiger partial charge in [0.1, 0.15) is 5.56 Å². The summed E-state index contributed by atoms with van der Waals surface area (Å²) in [6, 6.07) is 8.74. The predicted octanol–water partition coefficient (Wildman–Crippen LogP) is 2.70. The Morgan fingerprint density at radius 3 is 2.74 bits per heavy atom.